The van der Waals surface area contributed by atoms with Crippen molar-refractivity contribution < 1.29 is 9.90 Å². The van der Waals surface area contributed by atoms with Crippen molar-refractivity contribution in [3.63, 3.8) is 0 Å². The van der Waals surface area contributed by atoms with Crippen LogP contribution in [0, 0.1) is 20.8 Å². The fraction of sp³-hybridized carbons (Fsp3) is 0.357. The minimum Gasteiger partial charge on any atom is -0.478 e. The highest BCUT2D eigenvalue weighted by atomic mass is 16.4. The van der Waals surface area contributed by atoms with Crippen LogP contribution in [0.4, 0.5) is 0 Å². The summed E-state index contributed by atoms with van der Waals surface area (Å²) in [7, 11) is 0. The summed E-state index contributed by atoms with van der Waals surface area (Å²) in [5, 5.41) is 8.46. The molecule has 0 fully saturated rings. The maximum Gasteiger partial charge on any atom is 0.327 e. The molecule has 2 nitrogen and oxygen atoms in total. The standard InChI is InChI=1S/C14H18O2/c1-10-8-9-13(12(3)11(10)2)6-4-5-7-14(15)16/h5,7-9H,4,6H2,1-3H3,(H,15,16)/b7-5+. The number of carboxylic acid groups (broad SMARTS) is 1. The summed E-state index contributed by atoms with van der Waals surface area (Å²) in [6.07, 6.45) is 4.58. The molecule has 0 aliphatic heterocycles. The second-order valence-electron chi connectivity index (χ2n) is 4.07. The van der Waals surface area contributed by atoms with Crippen molar-refractivity contribution in [2.75, 3.05) is 0 Å². The number of hydrogen-bond acceptors (Lipinski definition) is 1. The summed E-state index contributed by atoms with van der Waals surface area (Å²) >= 11 is 0. The van der Waals surface area contributed by atoms with Crippen LogP contribution in [0.25, 0.3) is 0 Å². The zero-order valence-electron chi connectivity index (χ0n) is 10.1. The predicted octanol–water partition coefficient (Wildman–Crippen LogP) is 3.19. The first-order valence-electron chi connectivity index (χ1n) is 5.47. The molecule has 0 saturated carbocycles. The average molecular weight is 218 g/mol. The van der Waals surface area contributed by atoms with Crippen molar-refractivity contribution >= 4 is 5.97 Å². The Hall–Kier alpha value is -1.57. The molecule has 16 heavy (non-hydrogen) atoms. The minimum absolute atomic E-state index is 0.773. The van der Waals surface area contributed by atoms with Crippen molar-refractivity contribution in [2.24, 2.45) is 0 Å². The Balaban J connectivity index is 2.68. The molecular weight excluding hydrogens is 200 g/mol. The fourth-order valence-electron chi connectivity index (χ4n) is 1.71. The van der Waals surface area contributed by atoms with E-state index in [-0.39, 0.29) is 0 Å². The van der Waals surface area contributed by atoms with Gasteiger partial charge in [-0.25, -0.2) is 4.79 Å². The highest BCUT2D eigenvalue weighted by Crippen LogP contribution is 2.18. The van der Waals surface area contributed by atoms with E-state index in [9.17, 15) is 4.79 Å². The van der Waals surface area contributed by atoms with E-state index in [0.29, 0.717) is 0 Å². The molecule has 0 aliphatic carbocycles. The van der Waals surface area contributed by atoms with Gasteiger partial charge in [-0.15, -0.1) is 0 Å². The van der Waals surface area contributed by atoms with E-state index in [4.69, 9.17) is 5.11 Å². The van der Waals surface area contributed by atoms with Gasteiger partial charge in [-0.1, -0.05) is 18.2 Å². The van der Waals surface area contributed by atoms with Crippen LogP contribution in [0.2, 0.25) is 0 Å². The van der Waals surface area contributed by atoms with Gasteiger partial charge in [-0.2, -0.15) is 0 Å². The molecule has 86 valence electrons. The molecule has 0 radical (unpaired) electrons. The van der Waals surface area contributed by atoms with E-state index in [0.717, 1.165) is 12.8 Å². The molecule has 0 bridgehead atoms. The van der Waals surface area contributed by atoms with Gasteiger partial charge in [0.2, 0.25) is 0 Å². The van der Waals surface area contributed by atoms with Gasteiger partial charge in [0.1, 0.15) is 0 Å². The topological polar surface area (TPSA) is 37.3 Å². The van der Waals surface area contributed by atoms with Gasteiger partial charge in [0.15, 0.2) is 0 Å². The predicted molar refractivity (Wildman–Crippen MR) is 65.7 cm³/mol. The van der Waals surface area contributed by atoms with Crippen LogP contribution in [0.5, 0.6) is 0 Å². The maximum absolute atomic E-state index is 10.3. The summed E-state index contributed by atoms with van der Waals surface area (Å²) < 4.78 is 0. The Morgan fingerprint density at radius 3 is 2.56 bits per heavy atom. The molecule has 0 aliphatic rings. The van der Waals surface area contributed by atoms with Gasteiger partial charge < -0.3 is 5.11 Å². The SMILES string of the molecule is Cc1ccc(CC/C=C/C(=O)O)c(C)c1C. The monoisotopic (exact) mass is 218 g/mol. The molecule has 0 spiro atoms. The lowest BCUT2D eigenvalue weighted by Gasteiger charge is -2.10. The number of hydrogen-bond donors (Lipinski definition) is 1. The molecule has 1 N–H and O–H groups in total. The van der Waals surface area contributed by atoms with Gasteiger partial charge in [-0.05, 0) is 55.9 Å². The van der Waals surface area contributed by atoms with E-state index in [2.05, 4.69) is 32.9 Å². The van der Waals surface area contributed by atoms with E-state index in [1.54, 1.807) is 6.08 Å². The molecule has 1 aromatic carbocycles. The Morgan fingerprint density at radius 1 is 1.25 bits per heavy atom. The highest BCUT2D eigenvalue weighted by molar-refractivity contribution is 5.79. The second kappa shape index (κ2) is 5.50. The van der Waals surface area contributed by atoms with Crippen LogP contribution in [0.1, 0.15) is 28.7 Å². The van der Waals surface area contributed by atoms with Crippen LogP contribution in [0.3, 0.4) is 0 Å². The van der Waals surface area contributed by atoms with Crippen molar-refractivity contribution in [1.82, 2.24) is 0 Å². The first kappa shape index (κ1) is 12.5. The van der Waals surface area contributed by atoms with Gasteiger partial charge in [0, 0.05) is 6.08 Å². The third kappa shape index (κ3) is 3.23. The Labute approximate surface area is 96.6 Å². The Bertz CT molecular complexity index is 417. The molecule has 1 rings (SSSR count). The number of aryl methyl sites for hydroxylation is 2. The van der Waals surface area contributed by atoms with Gasteiger partial charge in [0.25, 0.3) is 0 Å². The van der Waals surface area contributed by atoms with Gasteiger partial charge in [0.05, 0.1) is 0 Å². The molecular formula is C14H18O2. The molecule has 0 atom stereocenters. The summed E-state index contributed by atoms with van der Waals surface area (Å²) in [6.45, 7) is 6.36. The molecule has 0 saturated heterocycles. The second-order valence-corrected chi connectivity index (χ2v) is 4.07. The molecule has 2 heteroatoms. The van der Waals surface area contributed by atoms with Crippen LogP contribution >= 0.6 is 0 Å². The Kier molecular flexibility index (Phi) is 4.29. The zero-order valence-corrected chi connectivity index (χ0v) is 10.1. The van der Waals surface area contributed by atoms with E-state index in [1.807, 2.05) is 0 Å². The molecule has 0 amide bonds. The van der Waals surface area contributed by atoms with Gasteiger partial charge in [-0.3, -0.25) is 0 Å². The molecule has 0 aromatic heterocycles. The van der Waals surface area contributed by atoms with Crippen LogP contribution in [-0.4, -0.2) is 11.1 Å². The smallest absolute Gasteiger partial charge is 0.327 e. The first-order chi connectivity index (χ1) is 7.52. The van der Waals surface area contributed by atoms with Crippen molar-refractivity contribution in [3.8, 4) is 0 Å². The lowest BCUT2D eigenvalue weighted by molar-refractivity contribution is -0.131. The van der Waals surface area contributed by atoms with Crippen molar-refractivity contribution in [1.29, 1.82) is 0 Å². The third-order valence-electron chi connectivity index (χ3n) is 3.01. The first-order valence-corrected chi connectivity index (χ1v) is 5.47. The van der Waals surface area contributed by atoms with E-state index < -0.39 is 5.97 Å². The fourth-order valence-corrected chi connectivity index (χ4v) is 1.71. The van der Waals surface area contributed by atoms with Crippen LogP contribution in [0.15, 0.2) is 24.3 Å². The molecule has 1 aromatic rings. The summed E-state index contributed by atoms with van der Waals surface area (Å²) in [5.74, 6) is -0.878. The maximum atomic E-state index is 10.3. The number of benzene rings is 1. The lowest BCUT2D eigenvalue weighted by Crippen LogP contribution is -1.94. The van der Waals surface area contributed by atoms with Crippen molar-refractivity contribution in [2.45, 2.75) is 33.6 Å². The lowest BCUT2D eigenvalue weighted by atomic mass is 9.96. The third-order valence-corrected chi connectivity index (χ3v) is 3.01. The van der Waals surface area contributed by atoms with E-state index >= 15 is 0 Å². The largest absolute Gasteiger partial charge is 0.478 e. The number of carbonyl (C=O) groups is 1. The van der Waals surface area contributed by atoms with Crippen molar-refractivity contribution in [3.05, 3.63) is 46.5 Å². The van der Waals surface area contributed by atoms with Crippen LogP contribution < -0.4 is 0 Å². The van der Waals surface area contributed by atoms with Gasteiger partial charge >= 0.3 is 5.97 Å². The number of carboxylic acids is 1. The minimum atomic E-state index is -0.878. The number of allylic oxidation sites excluding steroid dienone is 1. The number of rotatable bonds is 4. The molecule has 0 unspecified atom stereocenters. The highest BCUT2D eigenvalue weighted by Gasteiger charge is 2.02. The quantitative estimate of drug-likeness (QED) is 0.788. The van der Waals surface area contributed by atoms with Crippen LogP contribution in [-0.2, 0) is 11.2 Å². The van der Waals surface area contributed by atoms with E-state index in [1.165, 1.54) is 28.3 Å². The molecule has 0 heterocycles. The average Bonchev–Trinajstić information content (AvgIpc) is 2.23. The summed E-state index contributed by atoms with van der Waals surface area (Å²) in [4.78, 5) is 10.3. The Morgan fingerprint density at radius 2 is 1.94 bits per heavy atom. The summed E-state index contributed by atoms with van der Waals surface area (Å²) in [6, 6.07) is 4.25. The zero-order chi connectivity index (χ0) is 12.1. The summed E-state index contributed by atoms with van der Waals surface area (Å²) in [5.41, 5.74) is 5.27. The number of aliphatic carboxylic acids is 1. The normalized spacial score (nSPS) is 10.9.